The standard InChI is InChI=1S/C24H19F6N7O2/c25-23(26,27)14-39-22-34-20(32-18-3-1-2-17(12-18)24(28,29)30)33-21(35-22)37-10-8-36(9-11-37)19(38)16-6-4-15(13-31)5-7-16/h1-7,12H,8-11,14H2,(H,32,33,34,35). The Hall–Kier alpha value is -4.61. The molecule has 204 valence electrons. The van der Waals surface area contributed by atoms with E-state index >= 15 is 0 Å². The van der Waals surface area contributed by atoms with Crippen LogP contribution in [-0.2, 0) is 6.18 Å². The lowest BCUT2D eigenvalue weighted by Gasteiger charge is -2.34. The van der Waals surface area contributed by atoms with Crippen LogP contribution < -0.4 is 15.0 Å². The zero-order chi connectivity index (χ0) is 28.2. The number of aromatic nitrogens is 3. The molecule has 0 aliphatic carbocycles. The molecule has 1 N–H and O–H groups in total. The third-order valence-electron chi connectivity index (χ3n) is 5.52. The Bertz CT molecular complexity index is 1370. The number of nitrogens with zero attached hydrogens (tertiary/aromatic N) is 6. The summed E-state index contributed by atoms with van der Waals surface area (Å²) in [6.07, 6.45) is -9.29. The quantitative estimate of drug-likeness (QED) is 0.449. The molecule has 15 heteroatoms. The summed E-state index contributed by atoms with van der Waals surface area (Å²) in [7, 11) is 0. The van der Waals surface area contributed by atoms with Crippen LogP contribution in [0.4, 0.5) is 43.9 Å². The zero-order valence-corrected chi connectivity index (χ0v) is 19.9. The van der Waals surface area contributed by atoms with Gasteiger partial charge in [0, 0.05) is 37.4 Å². The number of amides is 1. The molecule has 3 aromatic rings. The van der Waals surface area contributed by atoms with Gasteiger partial charge < -0.3 is 19.9 Å². The highest BCUT2D eigenvalue weighted by atomic mass is 19.4. The van der Waals surface area contributed by atoms with Gasteiger partial charge in [-0.25, -0.2) is 0 Å². The molecule has 1 aliphatic heterocycles. The number of nitriles is 1. The van der Waals surface area contributed by atoms with Gasteiger partial charge in [0.25, 0.3) is 5.91 Å². The topological polar surface area (TPSA) is 107 Å². The van der Waals surface area contributed by atoms with Crippen LogP contribution in [0.5, 0.6) is 6.01 Å². The lowest BCUT2D eigenvalue weighted by Crippen LogP contribution is -2.49. The highest BCUT2D eigenvalue weighted by Crippen LogP contribution is 2.31. The maximum atomic E-state index is 13.1. The van der Waals surface area contributed by atoms with E-state index < -0.39 is 30.5 Å². The third-order valence-corrected chi connectivity index (χ3v) is 5.52. The summed E-state index contributed by atoms with van der Waals surface area (Å²) in [6.45, 7) is -0.840. The molecule has 0 unspecified atom stereocenters. The van der Waals surface area contributed by atoms with Crippen LogP contribution in [-0.4, -0.2) is 64.7 Å². The molecule has 0 spiro atoms. The molecule has 39 heavy (non-hydrogen) atoms. The number of rotatable bonds is 6. The monoisotopic (exact) mass is 551 g/mol. The number of benzene rings is 2. The van der Waals surface area contributed by atoms with Crippen molar-refractivity contribution in [3.05, 3.63) is 65.2 Å². The minimum Gasteiger partial charge on any atom is -0.454 e. The van der Waals surface area contributed by atoms with Crippen molar-refractivity contribution in [2.24, 2.45) is 0 Å². The summed E-state index contributed by atoms with van der Waals surface area (Å²) >= 11 is 0. The van der Waals surface area contributed by atoms with E-state index in [1.807, 2.05) is 6.07 Å². The Kier molecular flexibility index (Phi) is 7.75. The molecule has 0 atom stereocenters. The smallest absolute Gasteiger partial charge is 0.422 e. The van der Waals surface area contributed by atoms with E-state index in [4.69, 9.17) is 5.26 Å². The summed E-state index contributed by atoms with van der Waals surface area (Å²) in [6, 6.07) is 11.5. The highest BCUT2D eigenvalue weighted by Gasteiger charge is 2.31. The largest absolute Gasteiger partial charge is 0.454 e. The molecular weight excluding hydrogens is 532 g/mol. The second-order valence-corrected chi connectivity index (χ2v) is 8.32. The molecule has 1 aromatic heterocycles. The van der Waals surface area contributed by atoms with Gasteiger partial charge in [0.1, 0.15) is 0 Å². The molecule has 0 radical (unpaired) electrons. The average Bonchev–Trinajstić information content (AvgIpc) is 2.91. The summed E-state index contributed by atoms with van der Waals surface area (Å²) in [5.74, 6) is -0.675. The number of anilines is 3. The average molecular weight is 551 g/mol. The Morgan fingerprint density at radius 3 is 2.28 bits per heavy atom. The number of hydrogen-bond acceptors (Lipinski definition) is 8. The third kappa shape index (κ3) is 7.24. The van der Waals surface area contributed by atoms with Gasteiger partial charge in [-0.3, -0.25) is 4.79 Å². The Labute approximate surface area is 217 Å². The van der Waals surface area contributed by atoms with Crippen molar-refractivity contribution in [1.29, 1.82) is 5.26 Å². The van der Waals surface area contributed by atoms with Crippen LogP contribution in [0.3, 0.4) is 0 Å². The van der Waals surface area contributed by atoms with Crippen LogP contribution in [0.1, 0.15) is 21.5 Å². The number of halogens is 6. The number of nitrogens with one attached hydrogen (secondary N) is 1. The second-order valence-electron chi connectivity index (χ2n) is 8.32. The Morgan fingerprint density at radius 2 is 1.67 bits per heavy atom. The fraction of sp³-hybridized carbons (Fsp3) is 0.292. The van der Waals surface area contributed by atoms with Crippen LogP contribution in [0.2, 0.25) is 0 Å². The fourth-order valence-corrected chi connectivity index (χ4v) is 3.64. The van der Waals surface area contributed by atoms with Gasteiger partial charge in [-0.1, -0.05) is 6.07 Å². The van der Waals surface area contributed by atoms with Gasteiger partial charge in [-0.2, -0.15) is 46.6 Å². The molecule has 1 fully saturated rings. The van der Waals surface area contributed by atoms with Gasteiger partial charge >= 0.3 is 18.4 Å². The van der Waals surface area contributed by atoms with E-state index in [1.165, 1.54) is 30.3 Å². The minimum atomic E-state index is -4.68. The van der Waals surface area contributed by atoms with Gasteiger partial charge in [-0.15, -0.1) is 0 Å². The van der Waals surface area contributed by atoms with Gasteiger partial charge in [0.15, 0.2) is 6.61 Å². The van der Waals surface area contributed by atoms with Gasteiger partial charge in [-0.05, 0) is 42.5 Å². The number of piperazine rings is 1. The van der Waals surface area contributed by atoms with Crippen molar-refractivity contribution in [1.82, 2.24) is 19.9 Å². The SMILES string of the molecule is N#Cc1ccc(C(=O)N2CCN(c3nc(Nc4cccc(C(F)(F)F)c4)nc(OCC(F)(F)F)n3)CC2)cc1. The van der Waals surface area contributed by atoms with Crippen molar-refractivity contribution < 1.29 is 35.9 Å². The van der Waals surface area contributed by atoms with E-state index in [0.717, 1.165) is 18.2 Å². The fourth-order valence-electron chi connectivity index (χ4n) is 3.64. The molecule has 2 aromatic carbocycles. The number of alkyl halides is 6. The van der Waals surface area contributed by atoms with E-state index in [9.17, 15) is 31.1 Å². The van der Waals surface area contributed by atoms with E-state index in [2.05, 4.69) is 25.0 Å². The van der Waals surface area contributed by atoms with Crippen LogP contribution in [0, 0.1) is 11.3 Å². The van der Waals surface area contributed by atoms with Crippen molar-refractivity contribution in [2.75, 3.05) is 43.0 Å². The second kappa shape index (κ2) is 11.0. The first-order chi connectivity index (χ1) is 18.4. The van der Waals surface area contributed by atoms with Crippen molar-refractivity contribution >= 4 is 23.5 Å². The molecule has 9 nitrogen and oxygen atoms in total. The minimum absolute atomic E-state index is 0.0541. The lowest BCUT2D eigenvalue weighted by atomic mass is 10.1. The normalized spacial score (nSPS) is 14.1. The van der Waals surface area contributed by atoms with Crippen molar-refractivity contribution in [3.63, 3.8) is 0 Å². The Morgan fingerprint density at radius 1 is 0.974 bits per heavy atom. The summed E-state index contributed by atoms with van der Waals surface area (Å²) in [5.41, 5.74) is -0.206. The number of carbonyl (C=O) groups is 1. The van der Waals surface area contributed by atoms with Crippen LogP contribution >= 0.6 is 0 Å². The first kappa shape index (κ1) is 27.4. The Balaban J connectivity index is 1.52. The van der Waals surface area contributed by atoms with Gasteiger partial charge in [0.05, 0.1) is 17.2 Å². The predicted octanol–water partition coefficient (Wildman–Crippen LogP) is 4.41. The van der Waals surface area contributed by atoms with Crippen molar-refractivity contribution in [2.45, 2.75) is 12.4 Å². The first-order valence-corrected chi connectivity index (χ1v) is 11.4. The van der Waals surface area contributed by atoms with Crippen LogP contribution in [0.25, 0.3) is 0 Å². The van der Waals surface area contributed by atoms with E-state index in [-0.39, 0.29) is 49.7 Å². The van der Waals surface area contributed by atoms with E-state index in [0.29, 0.717) is 11.1 Å². The number of carbonyl (C=O) groups excluding carboxylic acids is 1. The molecule has 0 saturated carbocycles. The molecule has 2 heterocycles. The molecule has 1 saturated heterocycles. The zero-order valence-electron chi connectivity index (χ0n) is 19.9. The maximum Gasteiger partial charge on any atom is 0.422 e. The number of hydrogen-bond donors (Lipinski definition) is 1. The van der Waals surface area contributed by atoms with Gasteiger partial charge in [0.2, 0.25) is 11.9 Å². The van der Waals surface area contributed by atoms with E-state index in [1.54, 1.807) is 9.80 Å². The maximum absolute atomic E-state index is 13.1. The predicted molar refractivity (Wildman–Crippen MR) is 125 cm³/mol. The summed E-state index contributed by atoms with van der Waals surface area (Å²) in [5, 5.41) is 11.5. The summed E-state index contributed by atoms with van der Waals surface area (Å²) in [4.78, 5) is 27.8. The van der Waals surface area contributed by atoms with Crippen LogP contribution in [0.15, 0.2) is 48.5 Å². The highest BCUT2D eigenvalue weighted by molar-refractivity contribution is 5.94. The molecule has 4 rings (SSSR count). The molecular formula is C24H19F6N7O2. The number of ether oxygens (including phenoxy) is 1. The van der Waals surface area contributed by atoms with Crippen molar-refractivity contribution in [3.8, 4) is 12.1 Å². The molecule has 1 amide bonds. The molecule has 0 bridgehead atoms. The lowest BCUT2D eigenvalue weighted by molar-refractivity contribution is -0.154. The summed E-state index contributed by atoms with van der Waals surface area (Å²) < 4.78 is 82.1. The first-order valence-electron chi connectivity index (χ1n) is 11.4. The molecule has 1 aliphatic rings.